The Morgan fingerprint density at radius 3 is 2.43 bits per heavy atom. The fourth-order valence-corrected chi connectivity index (χ4v) is 1.74. The van der Waals surface area contributed by atoms with E-state index in [9.17, 15) is 18.3 Å². The molecule has 1 rings (SSSR count). The lowest BCUT2D eigenvalue weighted by Crippen LogP contribution is -2.38. The maximum absolute atomic E-state index is 12.1. The predicted octanol–water partition coefficient (Wildman–Crippen LogP) is 2.37. The topological polar surface area (TPSA) is 50.7 Å². The highest BCUT2D eigenvalue weighted by atomic mass is 19.4. The van der Waals surface area contributed by atoms with Gasteiger partial charge >= 0.3 is 6.18 Å². The molecule has 4 nitrogen and oxygen atoms in total. The molecule has 0 aliphatic rings. The molecule has 0 aliphatic carbocycles. The summed E-state index contributed by atoms with van der Waals surface area (Å²) < 4.78 is 46.9. The van der Waals surface area contributed by atoms with Gasteiger partial charge in [0.2, 0.25) is 0 Å². The molecule has 2 N–H and O–H groups in total. The quantitative estimate of drug-likeness (QED) is 0.774. The second-order valence-corrected chi connectivity index (χ2v) is 4.74. The molecule has 0 aliphatic heterocycles. The number of benzene rings is 1. The summed E-state index contributed by atoms with van der Waals surface area (Å²) in [5, 5.41) is 12.3. The molecule has 0 bridgehead atoms. The average molecular weight is 307 g/mol. The van der Waals surface area contributed by atoms with Crippen LogP contribution in [0.1, 0.15) is 13.3 Å². The van der Waals surface area contributed by atoms with Crippen LogP contribution in [-0.2, 0) is 0 Å². The monoisotopic (exact) mass is 307 g/mol. The van der Waals surface area contributed by atoms with Crippen LogP contribution in [0.25, 0.3) is 0 Å². The molecule has 0 saturated heterocycles. The molecule has 2 atom stereocenters. The van der Waals surface area contributed by atoms with E-state index in [4.69, 9.17) is 9.47 Å². The van der Waals surface area contributed by atoms with E-state index in [1.54, 1.807) is 24.3 Å². The Balaban J connectivity index is 2.32. The molecule has 0 aromatic heterocycles. The highest BCUT2D eigenvalue weighted by Crippen LogP contribution is 2.25. The zero-order chi connectivity index (χ0) is 15.9. The fraction of sp³-hybridized carbons (Fsp3) is 0.571. The van der Waals surface area contributed by atoms with Crippen LogP contribution in [0.15, 0.2) is 24.3 Å². The minimum Gasteiger partial charge on any atom is -0.493 e. The summed E-state index contributed by atoms with van der Waals surface area (Å²) in [6, 6.07) is 6.18. The van der Waals surface area contributed by atoms with Gasteiger partial charge < -0.3 is 19.9 Å². The number of methoxy groups -OCH3 is 1. The second-order valence-electron chi connectivity index (χ2n) is 4.74. The summed E-state index contributed by atoms with van der Waals surface area (Å²) in [6.07, 6.45) is -6.07. The second kappa shape index (κ2) is 8.09. The SMILES string of the molecule is COc1ccccc1OCC(O)CNC(C)CC(F)(F)F. The van der Waals surface area contributed by atoms with Crippen molar-refractivity contribution >= 4 is 0 Å². The van der Waals surface area contributed by atoms with Gasteiger partial charge in [-0.1, -0.05) is 12.1 Å². The van der Waals surface area contributed by atoms with Crippen molar-refractivity contribution < 1.29 is 27.8 Å². The Kier molecular flexibility index (Phi) is 6.77. The van der Waals surface area contributed by atoms with E-state index in [0.29, 0.717) is 11.5 Å². The van der Waals surface area contributed by atoms with Crippen molar-refractivity contribution in [1.29, 1.82) is 0 Å². The molecule has 0 saturated carbocycles. The highest BCUT2D eigenvalue weighted by molar-refractivity contribution is 5.39. The van der Waals surface area contributed by atoms with Gasteiger partial charge in [-0.3, -0.25) is 0 Å². The van der Waals surface area contributed by atoms with Gasteiger partial charge in [-0.2, -0.15) is 13.2 Å². The van der Waals surface area contributed by atoms with Gasteiger partial charge in [0.15, 0.2) is 11.5 Å². The van der Waals surface area contributed by atoms with E-state index in [-0.39, 0.29) is 13.2 Å². The van der Waals surface area contributed by atoms with Crippen LogP contribution in [0.3, 0.4) is 0 Å². The standard InChI is InChI=1S/C14H20F3NO3/c1-10(7-14(15,16)17)18-8-11(19)9-21-13-6-4-3-5-12(13)20-2/h3-6,10-11,18-19H,7-9H2,1-2H3. The number of rotatable bonds is 8. The molecule has 0 radical (unpaired) electrons. The van der Waals surface area contributed by atoms with E-state index in [1.807, 2.05) is 0 Å². The maximum atomic E-state index is 12.1. The van der Waals surface area contributed by atoms with E-state index in [2.05, 4.69) is 5.32 Å². The van der Waals surface area contributed by atoms with E-state index >= 15 is 0 Å². The number of alkyl halides is 3. The van der Waals surface area contributed by atoms with Gasteiger partial charge in [0, 0.05) is 12.6 Å². The van der Waals surface area contributed by atoms with Crippen molar-refractivity contribution in [3.8, 4) is 11.5 Å². The van der Waals surface area contributed by atoms with Gasteiger partial charge in [0.1, 0.15) is 12.7 Å². The fourth-order valence-electron chi connectivity index (χ4n) is 1.74. The van der Waals surface area contributed by atoms with Crippen LogP contribution in [-0.4, -0.2) is 43.7 Å². The van der Waals surface area contributed by atoms with Crippen molar-refractivity contribution in [2.45, 2.75) is 31.7 Å². The lowest BCUT2D eigenvalue weighted by atomic mass is 10.2. The first-order valence-electron chi connectivity index (χ1n) is 6.56. The minimum atomic E-state index is -4.22. The van der Waals surface area contributed by atoms with E-state index < -0.39 is 24.7 Å². The normalized spacial score (nSPS) is 14.6. The largest absolute Gasteiger partial charge is 0.493 e. The van der Waals surface area contributed by atoms with E-state index in [1.165, 1.54) is 14.0 Å². The van der Waals surface area contributed by atoms with Crippen LogP contribution in [0.2, 0.25) is 0 Å². The van der Waals surface area contributed by atoms with Gasteiger partial charge in [-0.15, -0.1) is 0 Å². The molecule has 0 spiro atoms. The predicted molar refractivity (Wildman–Crippen MR) is 72.6 cm³/mol. The van der Waals surface area contributed by atoms with E-state index in [0.717, 1.165) is 0 Å². The molecule has 0 amide bonds. The Morgan fingerprint density at radius 2 is 1.86 bits per heavy atom. The number of aliphatic hydroxyl groups excluding tert-OH is 1. The van der Waals surface area contributed by atoms with Crippen molar-refractivity contribution in [2.24, 2.45) is 0 Å². The van der Waals surface area contributed by atoms with Gasteiger partial charge in [-0.05, 0) is 19.1 Å². The lowest BCUT2D eigenvalue weighted by Gasteiger charge is -2.19. The first-order valence-corrected chi connectivity index (χ1v) is 6.56. The highest BCUT2D eigenvalue weighted by Gasteiger charge is 2.29. The zero-order valence-corrected chi connectivity index (χ0v) is 12.0. The summed E-state index contributed by atoms with van der Waals surface area (Å²) in [7, 11) is 1.50. The molecule has 2 unspecified atom stereocenters. The third-order valence-corrected chi connectivity index (χ3v) is 2.74. The first kappa shape index (κ1) is 17.6. The molecule has 21 heavy (non-hydrogen) atoms. The average Bonchev–Trinajstić information content (AvgIpc) is 2.41. The summed E-state index contributed by atoms with van der Waals surface area (Å²) in [5.41, 5.74) is 0. The van der Waals surface area contributed by atoms with Crippen LogP contribution in [0.4, 0.5) is 13.2 Å². The maximum Gasteiger partial charge on any atom is 0.390 e. The van der Waals surface area contributed by atoms with Crippen molar-refractivity contribution in [3.05, 3.63) is 24.3 Å². The smallest absolute Gasteiger partial charge is 0.390 e. The van der Waals surface area contributed by atoms with Crippen LogP contribution in [0.5, 0.6) is 11.5 Å². The number of hydrogen-bond donors (Lipinski definition) is 2. The number of nitrogens with one attached hydrogen (secondary N) is 1. The van der Waals surface area contributed by atoms with Crippen molar-refractivity contribution in [3.63, 3.8) is 0 Å². The van der Waals surface area contributed by atoms with Crippen LogP contribution < -0.4 is 14.8 Å². The minimum absolute atomic E-state index is 0.0202. The number of hydrogen-bond acceptors (Lipinski definition) is 4. The Morgan fingerprint density at radius 1 is 1.24 bits per heavy atom. The summed E-state index contributed by atoms with van der Waals surface area (Å²) in [5.74, 6) is 1.01. The zero-order valence-electron chi connectivity index (χ0n) is 12.0. The van der Waals surface area contributed by atoms with Crippen molar-refractivity contribution in [1.82, 2.24) is 5.32 Å². The number of para-hydroxylation sites is 2. The molecule has 0 fully saturated rings. The first-order chi connectivity index (χ1) is 9.81. The van der Waals surface area contributed by atoms with Crippen LogP contribution in [0, 0.1) is 0 Å². The Hall–Kier alpha value is -1.47. The third kappa shape index (κ3) is 7.19. The molecule has 120 valence electrons. The molecular formula is C14H20F3NO3. The summed E-state index contributed by atoms with van der Waals surface area (Å²) in [4.78, 5) is 0. The Labute approximate surface area is 121 Å². The number of aliphatic hydroxyl groups is 1. The van der Waals surface area contributed by atoms with Crippen molar-refractivity contribution in [2.75, 3.05) is 20.3 Å². The Bertz CT molecular complexity index is 426. The lowest BCUT2D eigenvalue weighted by molar-refractivity contribution is -0.139. The third-order valence-electron chi connectivity index (χ3n) is 2.74. The van der Waals surface area contributed by atoms with Crippen LogP contribution >= 0.6 is 0 Å². The number of ether oxygens (including phenoxy) is 2. The molecule has 1 aromatic rings. The molecule has 1 aromatic carbocycles. The van der Waals surface area contributed by atoms with Gasteiger partial charge in [0.25, 0.3) is 0 Å². The van der Waals surface area contributed by atoms with Gasteiger partial charge in [-0.25, -0.2) is 0 Å². The summed E-state index contributed by atoms with van der Waals surface area (Å²) >= 11 is 0. The van der Waals surface area contributed by atoms with Gasteiger partial charge in [0.05, 0.1) is 13.5 Å². The molecule has 7 heteroatoms. The summed E-state index contributed by atoms with van der Waals surface area (Å²) in [6.45, 7) is 1.40. The number of halogens is 3. The molecular weight excluding hydrogens is 287 g/mol. The molecule has 0 heterocycles.